The van der Waals surface area contributed by atoms with Gasteiger partial charge in [-0.25, -0.2) is 0 Å². The number of rotatable bonds is 39. The van der Waals surface area contributed by atoms with Crippen LogP contribution in [-0.4, -0.2) is 82.2 Å². The van der Waals surface area contributed by atoms with E-state index in [2.05, 4.69) is 98.9 Å². The van der Waals surface area contributed by atoms with Crippen LogP contribution in [0.4, 0.5) is 0 Å². The number of unbranched alkanes of at least 4 members (excludes halogenated alkanes) is 7. The van der Waals surface area contributed by atoms with Crippen molar-refractivity contribution in [3.8, 4) is 0 Å². The van der Waals surface area contributed by atoms with Gasteiger partial charge in [-0.1, -0.05) is 137 Å². The first-order chi connectivity index (χ1) is 29.5. The number of hydrogen-bond acceptors (Lipinski definition) is 9. The third-order valence-electron chi connectivity index (χ3n) is 9.50. The number of phosphoric ester groups is 1. The molecule has 0 spiro atoms. The average Bonchev–Trinajstić information content (AvgIpc) is 3.97. The first-order valence-corrected chi connectivity index (χ1v) is 24.5. The first kappa shape index (κ1) is 55.9. The predicted octanol–water partition coefficient (Wildman–Crippen LogP) is 11.7. The number of likely N-dealkylation sites (N-methyl/N-ethyl adjacent to an activating group) is 1. The van der Waals surface area contributed by atoms with Crippen molar-refractivity contribution in [2.24, 2.45) is 0 Å². The Kier molecular flexibility index (Phi) is 34.3. The molecule has 0 bridgehead atoms. The maximum atomic E-state index is 12.7. The number of nitrogens with zero attached hydrogens (tertiary/aromatic N) is 1. The smallest absolute Gasteiger partial charge is 0.306 e. The van der Waals surface area contributed by atoms with Crippen LogP contribution in [0.1, 0.15) is 142 Å². The van der Waals surface area contributed by atoms with E-state index in [1.54, 1.807) is 0 Å². The molecule has 1 heterocycles. The van der Waals surface area contributed by atoms with Crippen LogP contribution < -0.4 is 4.89 Å². The van der Waals surface area contributed by atoms with Gasteiger partial charge in [-0.2, -0.15) is 0 Å². The lowest BCUT2D eigenvalue weighted by molar-refractivity contribution is -0.870. The van der Waals surface area contributed by atoms with Gasteiger partial charge in [-0.3, -0.25) is 14.2 Å². The van der Waals surface area contributed by atoms with Gasteiger partial charge in [0.1, 0.15) is 19.8 Å². The normalized spacial score (nSPS) is 17.7. The van der Waals surface area contributed by atoms with Crippen molar-refractivity contribution in [1.82, 2.24) is 0 Å². The van der Waals surface area contributed by atoms with Crippen molar-refractivity contribution in [3.63, 3.8) is 0 Å². The fourth-order valence-electron chi connectivity index (χ4n) is 5.79. The average molecular weight is 872 g/mol. The molecule has 1 aliphatic rings. The summed E-state index contributed by atoms with van der Waals surface area (Å²) in [5.41, 5.74) is 0. The molecule has 0 aromatic carbocycles. The van der Waals surface area contributed by atoms with Crippen LogP contribution >= 0.6 is 7.82 Å². The molecule has 1 saturated heterocycles. The highest BCUT2D eigenvalue weighted by molar-refractivity contribution is 7.45. The predicted molar refractivity (Wildman–Crippen MR) is 249 cm³/mol. The lowest BCUT2D eigenvalue weighted by atomic mass is 10.1. The summed E-state index contributed by atoms with van der Waals surface area (Å²) in [5, 5.41) is 0. The van der Waals surface area contributed by atoms with Gasteiger partial charge in [0.25, 0.3) is 7.82 Å². The molecule has 1 fully saturated rings. The quantitative estimate of drug-likeness (QED) is 0.0148. The van der Waals surface area contributed by atoms with E-state index in [-0.39, 0.29) is 26.1 Å². The molecule has 0 saturated carbocycles. The van der Waals surface area contributed by atoms with Gasteiger partial charge in [0.2, 0.25) is 0 Å². The number of phosphoric acid groups is 1. The van der Waals surface area contributed by atoms with Crippen LogP contribution in [0.25, 0.3) is 0 Å². The molecule has 1 aliphatic heterocycles. The van der Waals surface area contributed by atoms with E-state index in [4.69, 9.17) is 23.3 Å². The fraction of sp³-hybridized carbons (Fsp3) is 0.640. The molecule has 346 valence electrons. The number of ether oxygens (including phenoxy) is 3. The van der Waals surface area contributed by atoms with E-state index in [0.717, 1.165) is 77.0 Å². The molecule has 0 aromatic heterocycles. The summed E-state index contributed by atoms with van der Waals surface area (Å²) in [7, 11) is 1.09. The third kappa shape index (κ3) is 38.3. The van der Waals surface area contributed by atoms with Crippen molar-refractivity contribution in [1.29, 1.82) is 0 Å². The van der Waals surface area contributed by atoms with E-state index < -0.39 is 32.5 Å². The number of carbonyl (C=O) groups excluding carboxylic acids is 2. The minimum atomic E-state index is -4.66. The fourth-order valence-corrected chi connectivity index (χ4v) is 6.51. The molecule has 10 nitrogen and oxygen atoms in total. The van der Waals surface area contributed by atoms with Crippen LogP contribution in [-0.2, 0) is 37.4 Å². The molecule has 0 aliphatic carbocycles. The van der Waals surface area contributed by atoms with Crippen molar-refractivity contribution >= 4 is 19.8 Å². The van der Waals surface area contributed by atoms with Gasteiger partial charge >= 0.3 is 11.9 Å². The summed E-state index contributed by atoms with van der Waals surface area (Å²) < 4.78 is 39.5. The number of quaternary nitrogens is 1. The lowest BCUT2D eigenvalue weighted by Gasteiger charge is -2.28. The van der Waals surface area contributed by atoms with Crippen LogP contribution in [0, 0.1) is 0 Å². The molecule has 1 rings (SSSR count). The molecule has 0 amide bonds. The minimum absolute atomic E-state index is 0.0543. The largest absolute Gasteiger partial charge is 0.756 e. The second-order valence-electron chi connectivity index (χ2n) is 16.4. The van der Waals surface area contributed by atoms with Crippen molar-refractivity contribution in [2.75, 3.05) is 47.5 Å². The molecule has 61 heavy (non-hydrogen) atoms. The highest BCUT2D eigenvalue weighted by Crippen LogP contribution is 2.38. The Morgan fingerprint density at radius 2 is 1.11 bits per heavy atom. The number of esters is 2. The van der Waals surface area contributed by atoms with Gasteiger partial charge in [0.15, 0.2) is 6.10 Å². The van der Waals surface area contributed by atoms with Gasteiger partial charge in [0, 0.05) is 12.8 Å². The van der Waals surface area contributed by atoms with Crippen molar-refractivity contribution < 1.29 is 46.8 Å². The van der Waals surface area contributed by atoms with E-state index in [9.17, 15) is 19.0 Å². The Morgan fingerprint density at radius 3 is 1.67 bits per heavy atom. The Morgan fingerprint density at radius 1 is 0.607 bits per heavy atom. The lowest BCUT2D eigenvalue weighted by Crippen LogP contribution is -2.37. The minimum Gasteiger partial charge on any atom is -0.756 e. The second kappa shape index (κ2) is 37.4. The topological polar surface area (TPSA) is 124 Å². The van der Waals surface area contributed by atoms with Crippen LogP contribution in [0.15, 0.2) is 97.2 Å². The van der Waals surface area contributed by atoms with E-state index >= 15 is 0 Å². The van der Waals surface area contributed by atoms with E-state index in [1.165, 1.54) is 25.7 Å². The molecule has 3 unspecified atom stereocenters. The number of allylic oxidation sites excluding steroid dienone is 14. The Bertz CT molecular complexity index is 1420. The van der Waals surface area contributed by atoms with E-state index in [0.29, 0.717) is 36.1 Å². The highest BCUT2D eigenvalue weighted by atomic mass is 31.2. The molecule has 0 N–H and O–H groups in total. The molecule has 11 heteroatoms. The number of epoxide rings is 1. The molecular formula is C50H82NO9P. The summed E-state index contributed by atoms with van der Waals surface area (Å²) in [6.45, 7) is 3.94. The summed E-state index contributed by atoms with van der Waals surface area (Å²) in [4.78, 5) is 37.6. The number of carbonyl (C=O) groups is 2. The highest BCUT2D eigenvalue weighted by Gasteiger charge is 2.36. The monoisotopic (exact) mass is 872 g/mol. The van der Waals surface area contributed by atoms with Gasteiger partial charge in [0.05, 0.1) is 40.0 Å². The Hall–Kier alpha value is -3.11. The van der Waals surface area contributed by atoms with Gasteiger partial charge < -0.3 is 32.6 Å². The first-order valence-electron chi connectivity index (χ1n) is 23.1. The molecular weight excluding hydrogens is 790 g/mol. The summed E-state index contributed by atoms with van der Waals surface area (Å²) in [6, 6.07) is 0. The van der Waals surface area contributed by atoms with Crippen molar-refractivity contribution in [3.05, 3.63) is 97.2 Å². The SMILES string of the molecule is CC/C=C\CC1OC1C/C=C\C/C=C\C/C=C\C/C=C\CCC(=O)OC[C@H](COP(=O)([O-])OCC[N+](C)(C)C)OC(=O)CCCCCC/C=C\C/C=C\C/C=C\CCCCC. The molecule has 4 atom stereocenters. The maximum Gasteiger partial charge on any atom is 0.306 e. The zero-order valence-electron chi connectivity index (χ0n) is 38.5. The van der Waals surface area contributed by atoms with Crippen LogP contribution in [0.3, 0.4) is 0 Å². The zero-order chi connectivity index (χ0) is 44.7. The standard InChI is InChI=1S/C50H82NO9P/c1-6-8-10-11-12-13-14-15-16-17-18-19-24-27-30-33-37-41-50(53)59-46(45-58-61(54,55)57-43-42-51(3,4)5)44-56-49(52)40-36-32-29-26-23-21-20-22-25-28-31-35-39-48-47(60-48)38-34-9-7-2/h9,12-13,15-16,18-19,21-23,25,29,31-32,34-35,46-48H,6-8,10-11,14,17,20,24,26-28,30,33,36-45H2,1-5H3/b13-12-,16-15-,19-18-,23-21-,25-22-,32-29-,34-9-,35-31-/t46-,47?,48?/m1/s1. The Balaban J connectivity index is 2.34. The van der Waals surface area contributed by atoms with Gasteiger partial charge in [-0.05, 0) is 89.9 Å². The third-order valence-corrected chi connectivity index (χ3v) is 10.5. The van der Waals surface area contributed by atoms with Crippen molar-refractivity contribution in [2.45, 2.75) is 161 Å². The van der Waals surface area contributed by atoms with Gasteiger partial charge in [-0.15, -0.1) is 0 Å². The molecule has 0 radical (unpaired) electrons. The van der Waals surface area contributed by atoms with Crippen LogP contribution in [0.5, 0.6) is 0 Å². The number of hydrogen-bond donors (Lipinski definition) is 0. The van der Waals surface area contributed by atoms with E-state index in [1.807, 2.05) is 33.3 Å². The summed E-state index contributed by atoms with van der Waals surface area (Å²) in [5.74, 6) is -0.972. The summed E-state index contributed by atoms with van der Waals surface area (Å²) >= 11 is 0. The maximum absolute atomic E-state index is 12.7. The zero-order valence-corrected chi connectivity index (χ0v) is 39.4. The van der Waals surface area contributed by atoms with Crippen LogP contribution in [0.2, 0.25) is 0 Å². The summed E-state index contributed by atoms with van der Waals surface area (Å²) in [6.07, 6.45) is 52.0. The Labute approximate surface area is 370 Å². The second-order valence-corrected chi connectivity index (χ2v) is 17.8. The molecule has 0 aromatic rings.